The number of carbonyl (C=O) groups is 2. The van der Waals surface area contributed by atoms with Gasteiger partial charge in [0.05, 0.1) is 0 Å². The van der Waals surface area contributed by atoms with Crippen molar-refractivity contribution < 1.29 is 14.7 Å². The lowest BCUT2D eigenvalue weighted by Gasteiger charge is -2.32. The molecule has 1 aliphatic heterocycles. The van der Waals surface area contributed by atoms with Crippen molar-refractivity contribution in [3.05, 3.63) is 65.2 Å². The molecule has 2 amide bonds. The monoisotopic (exact) mass is 338 g/mol. The lowest BCUT2D eigenvalue weighted by atomic mass is 10.0. The number of hydrogen-bond donors (Lipinski definition) is 2. The molecule has 1 fully saturated rings. The summed E-state index contributed by atoms with van der Waals surface area (Å²) in [4.78, 5) is 26.7. The topological polar surface area (TPSA) is 69.6 Å². The van der Waals surface area contributed by atoms with Gasteiger partial charge in [-0.3, -0.25) is 9.59 Å². The summed E-state index contributed by atoms with van der Waals surface area (Å²) in [6.45, 7) is 3.19. The standard InChI is InChI=1S/C20H22N2O3/c1-14-5-2-3-8-18(14)20(25)22-11-9-16(10-12-22)21-19(24)15-6-4-7-17(23)13-15/h2-8,13,16,23H,9-12H2,1H3,(H,21,24). The van der Waals surface area contributed by atoms with Crippen LogP contribution in [0.4, 0.5) is 0 Å². The Labute approximate surface area is 147 Å². The zero-order chi connectivity index (χ0) is 17.8. The minimum Gasteiger partial charge on any atom is -0.508 e. The summed E-state index contributed by atoms with van der Waals surface area (Å²) < 4.78 is 0. The molecule has 0 aromatic heterocycles. The van der Waals surface area contributed by atoms with E-state index in [4.69, 9.17) is 0 Å². The van der Waals surface area contributed by atoms with Crippen LogP contribution in [-0.2, 0) is 0 Å². The minimum absolute atomic E-state index is 0.0377. The van der Waals surface area contributed by atoms with Crippen LogP contribution in [0.15, 0.2) is 48.5 Å². The molecule has 0 aliphatic carbocycles. The maximum atomic E-state index is 12.6. The largest absolute Gasteiger partial charge is 0.508 e. The van der Waals surface area contributed by atoms with Crippen LogP contribution in [0, 0.1) is 6.92 Å². The van der Waals surface area contributed by atoms with E-state index in [0.717, 1.165) is 24.0 Å². The molecule has 5 nitrogen and oxygen atoms in total. The number of phenols is 1. The van der Waals surface area contributed by atoms with E-state index in [-0.39, 0.29) is 23.6 Å². The molecule has 0 bridgehead atoms. The second-order valence-electron chi connectivity index (χ2n) is 6.41. The van der Waals surface area contributed by atoms with Crippen LogP contribution < -0.4 is 5.32 Å². The predicted octanol–water partition coefficient (Wildman–Crippen LogP) is 2.74. The number of nitrogens with zero attached hydrogens (tertiary/aromatic N) is 1. The Balaban J connectivity index is 1.56. The zero-order valence-electron chi connectivity index (χ0n) is 14.2. The molecule has 0 saturated carbocycles. The first kappa shape index (κ1) is 17.0. The van der Waals surface area contributed by atoms with Crippen LogP contribution in [0.1, 0.15) is 39.1 Å². The molecule has 2 N–H and O–H groups in total. The Kier molecular flexibility index (Phi) is 5.03. The Morgan fingerprint density at radius 3 is 2.48 bits per heavy atom. The van der Waals surface area contributed by atoms with E-state index in [1.807, 2.05) is 36.1 Å². The maximum Gasteiger partial charge on any atom is 0.254 e. The van der Waals surface area contributed by atoms with Gasteiger partial charge in [0.1, 0.15) is 5.75 Å². The highest BCUT2D eigenvalue weighted by atomic mass is 16.3. The molecular weight excluding hydrogens is 316 g/mol. The van der Waals surface area contributed by atoms with Crippen LogP contribution in [0.25, 0.3) is 0 Å². The maximum absolute atomic E-state index is 12.6. The quantitative estimate of drug-likeness (QED) is 0.904. The number of aryl methyl sites for hydroxylation is 1. The molecule has 0 radical (unpaired) electrons. The Morgan fingerprint density at radius 2 is 1.80 bits per heavy atom. The van der Waals surface area contributed by atoms with Gasteiger partial charge in [-0.15, -0.1) is 0 Å². The van der Waals surface area contributed by atoms with Gasteiger partial charge in [0.15, 0.2) is 0 Å². The normalized spacial score (nSPS) is 15.0. The van der Waals surface area contributed by atoms with Gasteiger partial charge < -0.3 is 15.3 Å². The number of likely N-dealkylation sites (tertiary alicyclic amines) is 1. The van der Waals surface area contributed by atoms with E-state index >= 15 is 0 Å². The van der Waals surface area contributed by atoms with Crippen molar-refractivity contribution >= 4 is 11.8 Å². The fraction of sp³-hybridized carbons (Fsp3) is 0.300. The van der Waals surface area contributed by atoms with Crippen LogP contribution in [0.5, 0.6) is 5.75 Å². The van der Waals surface area contributed by atoms with Crippen molar-refractivity contribution in [1.82, 2.24) is 10.2 Å². The lowest BCUT2D eigenvalue weighted by Crippen LogP contribution is -2.46. The Bertz CT molecular complexity index is 780. The van der Waals surface area contributed by atoms with Crippen LogP contribution in [0.3, 0.4) is 0 Å². The number of carbonyl (C=O) groups excluding carboxylic acids is 2. The smallest absolute Gasteiger partial charge is 0.254 e. The summed E-state index contributed by atoms with van der Waals surface area (Å²) in [6, 6.07) is 13.9. The van der Waals surface area contributed by atoms with Crippen LogP contribution in [0.2, 0.25) is 0 Å². The molecule has 0 spiro atoms. The van der Waals surface area contributed by atoms with Crippen molar-refractivity contribution in [2.45, 2.75) is 25.8 Å². The molecule has 2 aromatic rings. The molecule has 0 atom stereocenters. The molecule has 3 rings (SSSR count). The number of piperidine rings is 1. The van der Waals surface area contributed by atoms with Crippen molar-refractivity contribution in [3.8, 4) is 5.75 Å². The second-order valence-corrected chi connectivity index (χ2v) is 6.41. The molecule has 1 aliphatic rings. The van der Waals surface area contributed by atoms with Crippen LogP contribution in [-0.4, -0.2) is 41.0 Å². The minimum atomic E-state index is -0.195. The first-order chi connectivity index (χ1) is 12.0. The summed E-state index contributed by atoms with van der Waals surface area (Å²) in [6.07, 6.45) is 1.45. The molecule has 25 heavy (non-hydrogen) atoms. The number of amides is 2. The van der Waals surface area contributed by atoms with Gasteiger partial charge in [-0.25, -0.2) is 0 Å². The Hall–Kier alpha value is -2.82. The molecule has 2 aromatic carbocycles. The number of nitrogens with one attached hydrogen (secondary N) is 1. The van der Waals surface area contributed by atoms with Gasteiger partial charge >= 0.3 is 0 Å². The fourth-order valence-electron chi connectivity index (χ4n) is 3.13. The Morgan fingerprint density at radius 1 is 1.08 bits per heavy atom. The van der Waals surface area contributed by atoms with Crippen molar-refractivity contribution in [1.29, 1.82) is 0 Å². The summed E-state index contributed by atoms with van der Waals surface area (Å²) in [5.74, 6) is -0.0678. The molecule has 0 unspecified atom stereocenters. The van der Waals surface area contributed by atoms with E-state index < -0.39 is 0 Å². The van der Waals surface area contributed by atoms with E-state index in [1.54, 1.807) is 12.1 Å². The van der Waals surface area contributed by atoms with Gasteiger partial charge in [0, 0.05) is 30.3 Å². The molecule has 130 valence electrons. The highest BCUT2D eigenvalue weighted by Gasteiger charge is 2.25. The summed E-state index contributed by atoms with van der Waals surface area (Å²) in [5.41, 5.74) is 2.16. The third-order valence-electron chi connectivity index (χ3n) is 4.60. The van der Waals surface area contributed by atoms with Crippen molar-refractivity contribution in [3.63, 3.8) is 0 Å². The average molecular weight is 338 g/mol. The van der Waals surface area contributed by atoms with E-state index in [9.17, 15) is 14.7 Å². The van der Waals surface area contributed by atoms with Crippen molar-refractivity contribution in [2.75, 3.05) is 13.1 Å². The summed E-state index contributed by atoms with van der Waals surface area (Å²) >= 11 is 0. The van der Waals surface area contributed by atoms with Gasteiger partial charge in [-0.1, -0.05) is 24.3 Å². The number of rotatable bonds is 3. The van der Waals surface area contributed by atoms with E-state index in [1.165, 1.54) is 12.1 Å². The van der Waals surface area contributed by atoms with Gasteiger partial charge in [-0.2, -0.15) is 0 Å². The molecule has 5 heteroatoms. The first-order valence-corrected chi connectivity index (χ1v) is 8.49. The second kappa shape index (κ2) is 7.38. The third-order valence-corrected chi connectivity index (χ3v) is 4.60. The number of hydrogen-bond acceptors (Lipinski definition) is 3. The number of aromatic hydroxyl groups is 1. The van der Waals surface area contributed by atoms with Gasteiger partial charge in [-0.05, 0) is 49.6 Å². The fourth-order valence-corrected chi connectivity index (χ4v) is 3.13. The van der Waals surface area contributed by atoms with E-state index in [0.29, 0.717) is 18.7 Å². The lowest BCUT2D eigenvalue weighted by molar-refractivity contribution is 0.0697. The molecule has 1 saturated heterocycles. The SMILES string of the molecule is Cc1ccccc1C(=O)N1CCC(NC(=O)c2cccc(O)c2)CC1. The molecular formula is C20H22N2O3. The van der Waals surface area contributed by atoms with Gasteiger partial charge in [0.2, 0.25) is 0 Å². The average Bonchev–Trinajstić information content (AvgIpc) is 2.62. The number of phenolic OH excluding ortho intramolecular Hbond substituents is 1. The predicted molar refractivity (Wildman–Crippen MR) is 95.7 cm³/mol. The van der Waals surface area contributed by atoms with Crippen molar-refractivity contribution in [2.24, 2.45) is 0 Å². The first-order valence-electron chi connectivity index (χ1n) is 8.49. The van der Waals surface area contributed by atoms with Crippen LogP contribution >= 0.6 is 0 Å². The zero-order valence-corrected chi connectivity index (χ0v) is 14.2. The van der Waals surface area contributed by atoms with Gasteiger partial charge in [0.25, 0.3) is 11.8 Å². The third kappa shape index (κ3) is 3.99. The summed E-state index contributed by atoms with van der Waals surface area (Å²) in [7, 11) is 0. The summed E-state index contributed by atoms with van der Waals surface area (Å²) in [5, 5.41) is 12.5. The highest BCUT2D eigenvalue weighted by Crippen LogP contribution is 2.17. The molecule has 1 heterocycles. The number of benzene rings is 2. The van der Waals surface area contributed by atoms with E-state index in [2.05, 4.69) is 5.32 Å². The highest BCUT2D eigenvalue weighted by molar-refractivity contribution is 5.96.